The summed E-state index contributed by atoms with van der Waals surface area (Å²) in [5.41, 5.74) is 1.41. The summed E-state index contributed by atoms with van der Waals surface area (Å²) in [6, 6.07) is 16.7. The Kier molecular flexibility index (Phi) is 4.46. The molecule has 4 aromatic rings. The number of benzene rings is 2. The molecule has 6 heteroatoms. The van der Waals surface area contributed by atoms with Crippen molar-refractivity contribution in [2.45, 2.75) is 25.9 Å². The van der Waals surface area contributed by atoms with Crippen LogP contribution in [0.3, 0.4) is 0 Å². The SMILES string of the molecule is CC(NC(=O)CCn1ncc(=O)c2ccccc21)c1cc2ccccc2o1. The number of rotatable bonds is 5. The minimum absolute atomic E-state index is 0.104. The Balaban J connectivity index is 1.44. The predicted molar refractivity (Wildman–Crippen MR) is 103 cm³/mol. The molecule has 1 N–H and O–H groups in total. The van der Waals surface area contributed by atoms with Crippen molar-refractivity contribution in [1.82, 2.24) is 15.1 Å². The van der Waals surface area contributed by atoms with Crippen molar-refractivity contribution in [3.05, 3.63) is 76.8 Å². The lowest BCUT2D eigenvalue weighted by atomic mass is 10.2. The summed E-state index contributed by atoms with van der Waals surface area (Å²) in [6.07, 6.45) is 1.54. The van der Waals surface area contributed by atoms with E-state index in [4.69, 9.17) is 4.42 Å². The summed E-state index contributed by atoms with van der Waals surface area (Å²) in [5, 5.41) is 8.71. The smallest absolute Gasteiger partial charge is 0.222 e. The van der Waals surface area contributed by atoms with Crippen LogP contribution in [0.25, 0.3) is 21.9 Å². The van der Waals surface area contributed by atoms with Gasteiger partial charge in [-0.1, -0.05) is 30.3 Å². The van der Waals surface area contributed by atoms with Gasteiger partial charge in [-0.25, -0.2) is 0 Å². The minimum atomic E-state index is -0.233. The molecule has 1 atom stereocenters. The van der Waals surface area contributed by atoms with E-state index in [0.717, 1.165) is 22.2 Å². The van der Waals surface area contributed by atoms with E-state index < -0.39 is 0 Å². The minimum Gasteiger partial charge on any atom is -0.459 e. The Labute approximate surface area is 155 Å². The monoisotopic (exact) mass is 361 g/mol. The van der Waals surface area contributed by atoms with Crippen LogP contribution in [0.2, 0.25) is 0 Å². The van der Waals surface area contributed by atoms with E-state index in [9.17, 15) is 9.59 Å². The fourth-order valence-electron chi connectivity index (χ4n) is 3.15. The van der Waals surface area contributed by atoms with Crippen LogP contribution in [-0.2, 0) is 11.3 Å². The maximum atomic E-state index is 12.4. The summed E-state index contributed by atoms with van der Waals surface area (Å²) in [4.78, 5) is 24.2. The predicted octanol–water partition coefficient (Wildman–Crippen LogP) is 3.41. The van der Waals surface area contributed by atoms with Crippen LogP contribution in [-0.4, -0.2) is 15.7 Å². The van der Waals surface area contributed by atoms with Gasteiger partial charge < -0.3 is 9.73 Å². The van der Waals surface area contributed by atoms with Gasteiger partial charge in [-0.05, 0) is 31.2 Å². The van der Waals surface area contributed by atoms with Crippen molar-refractivity contribution in [3.8, 4) is 0 Å². The maximum absolute atomic E-state index is 12.4. The lowest BCUT2D eigenvalue weighted by Gasteiger charge is -2.12. The Morgan fingerprint density at radius 3 is 2.81 bits per heavy atom. The summed E-state index contributed by atoms with van der Waals surface area (Å²) in [7, 11) is 0. The van der Waals surface area contributed by atoms with E-state index in [-0.39, 0.29) is 23.8 Å². The Morgan fingerprint density at radius 1 is 1.19 bits per heavy atom. The largest absolute Gasteiger partial charge is 0.459 e. The fraction of sp³-hybridized carbons (Fsp3) is 0.190. The molecule has 4 rings (SSSR count). The molecule has 2 aromatic heterocycles. The summed E-state index contributed by atoms with van der Waals surface area (Å²) in [5.74, 6) is 0.615. The van der Waals surface area contributed by atoms with Crippen LogP contribution in [0.15, 0.2) is 70.0 Å². The molecule has 0 aliphatic carbocycles. The summed E-state index contributed by atoms with van der Waals surface area (Å²) in [6.45, 7) is 2.28. The quantitative estimate of drug-likeness (QED) is 0.591. The van der Waals surface area contributed by atoms with E-state index in [1.165, 1.54) is 6.20 Å². The van der Waals surface area contributed by atoms with E-state index in [1.54, 1.807) is 10.7 Å². The number of furan rings is 1. The molecule has 2 aromatic carbocycles. The first-order valence-electron chi connectivity index (χ1n) is 8.84. The molecule has 0 bridgehead atoms. The van der Waals surface area contributed by atoms with Gasteiger partial charge in [-0.3, -0.25) is 14.3 Å². The number of carbonyl (C=O) groups is 1. The molecule has 27 heavy (non-hydrogen) atoms. The van der Waals surface area contributed by atoms with E-state index in [2.05, 4.69) is 10.4 Å². The number of amides is 1. The standard InChI is InChI=1S/C21H19N3O3/c1-14(20-12-15-6-2-5-9-19(15)27-20)23-21(26)10-11-24-17-8-4-3-7-16(17)18(25)13-22-24/h2-9,12-14H,10-11H2,1H3,(H,23,26). The van der Waals surface area contributed by atoms with Gasteiger partial charge in [0.2, 0.25) is 11.3 Å². The van der Waals surface area contributed by atoms with E-state index in [1.807, 2.05) is 55.5 Å². The van der Waals surface area contributed by atoms with Crippen LogP contribution >= 0.6 is 0 Å². The van der Waals surface area contributed by atoms with Crippen LogP contribution < -0.4 is 10.7 Å². The first-order valence-corrected chi connectivity index (χ1v) is 8.84. The van der Waals surface area contributed by atoms with Gasteiger partial charge in [0.05, 0.1) is 24.3 Å². The summed E-state index contributed by atoms with van der Waals surface area (Å²) >= 11 is 0. The van der Waals surface area contributed by atoms with Crippen molar-refractivity contribution >= 4 is 27.8 Å². The second-order valence-electron chi connectivity index (χ2n) is 6.47. The third-order valence-corrected chi connectivity index (χ3v) is 4.56. The van der Waals surface area contributed by atoms with Gasteiger partial charge in [-0.2, -0.15) is 5.10 Å². The highest BCUT2D eigenvalue weighted by molar-refractivity contribution is 5.80. The Hall–Kier alpha value is -3.41. The number of hydrogen-bond acceptors (Lipinski definition) is 4. The molecule has 6 nitrogen and oxygen atoms in total. The summed E-state index contributed by atoms with van der Waals surface area (Å²) < 4.78 is 7.48. The number of nitrogens with zero attached hydrogens (tertiary/aromatic N) is 2. The molecule has 136 valence electrons. The number of aromatic nitrogens is 2. The van der Waals surface area contributed by atoms with Gasteiger partial charge in [0.25, 0.3) is 0 Å². The molecular weight excluding hydrogens is 342 g/mol. The van der Waals surface area contributed by atoms with Crippen molar-refractivity contribution < 1.29 is 9.21 Å². The molecule has 0 saturated carbocycles. The average Bonchev–Trinajstić information content (AvgIpc) is 3.12. The van der Waals surface area contributed by atoms with E-state index >= 15 is 0 Å². The molecule has 0 aliphatic heterocycles. The third-order valence-electron chi connectivity index (χ3n) is 4.56. The zero-order chi connectivity index (χ0) is 18.8. The number of hydrogen-bond donors (Lipinski definition) is 1. The highest BCUT2D eigenvalue weighted by Gasteiger charge is 2.14. The molecule has 1 unspecified atom stereocenters. The van der Waals surface area contributed by atoms with Gasteiger partial charge >= 0.3 is 0 Å². The Bertz CT molecular complexity index is 1140. The molecule has 0 fully saturated rings. The zero-order valence-corrected chi connectivity index (χ0v) is 14.9. The highest BCUT2D eigenvalue weighted by Crippen LogP contribution is 2.23. The van der Waals surface area contributed by atoms with Crippen molar-refractivity contribution in [2.24, 2.45) is 0 Å². The fourth-order valence-corrected chi connectivity index (χ4v) is 3.15. The van der Waals surface area contributed by atoms with Gasteiger partial charge in [0, 0.05) is 17.2 Å². The number of nitrogens with one attached hydrogen (secondary N) is 1. The van der Waals surface area contributed by atoms with Gasteiger partial charge in [0.15, 0.2) is 0 Å². The average molecular weight is 361 g/mol. The number of carbonyl (C=O) groups excluding carboxylic acids is 1. The van der Waals surface area contributed by atoms with Crippen molar-refractivity contribution in [2.75, 3.05) is 0 Å². The van der Waals surface area contributed by atoms with Gasteiger partial charge in [-0.15, -0.1) is 0 Å². The topological polar surface area (TPSA) is 77.1 Å². The second kappa shape index (κ2) is 7.07. The molecule has 0 radical (unpaired) electrons. The zero-order valence-electron chi connectivity index (χ0n) is 14.9. The van der Waals surface area contributed by atoms with Crippen molar-refractivity contribution in [3.63, 3.8) is 0 Å². The van der Waals surface area contributed by atoms with Crippen molar-refractivity contribution in [1.29, 1.82) is 0 Å². The first kappa shape index (κ1) is 17.0. The van der Waals surface area contributed by atoms with Crippen LogP contribution in [0.5, 0.6) is 0 Å². The van der Waals surface area contributed by atoms with E-state index in [0.29, 0.717) is 11.9 Å². The van der Waals surface area contributed by atoms with Crippen LogP contribution in [0, 0.1) is 0 Å². The molecule has 0 saturated heterocycles. The second-order valence-corrected chi connectivity index (χ2v) is 6.47. The molecule has 1 amide bonds. The van der Waals surface area contributed by atoms with Crippen LogP contribution in [0.1, 0.15) is 25.1 Å². The first-order chi connectivity index (χ1) is 13.1. The number of fused-ring (bicyclic) bond motifs is 2. The number of aryl methyl sites for hydroxylation is 1. The molecule has 2 heterocycles. The molecular formula is C21H19N3O3. The lowest BCUT2D eigenvalue weighted by molar-refractivity contribution is -0.122. The highest BCUT2D eigenvalue weighted by atomic mass is 16.3. The lowest BCUT2D eigenvalue weighted by Crippen LogP contribution is -2.27. The third kappa shape index (κ3) is 3.46. The maximum Gasteiger partial charge on any atom is 0.222 e. The Morgan fingerprint density at radius 2 is 1.96 bits per heavy atom. The molecule has 0 spiro atoms. The number of para-hydroxylation sites is 2. The molecule has 0 aliphatic rings. The van der Waals surface area contributed by atoms with Gasteiger partial charge in [0.1, 0.15) is 11.3 Å². The van der Waals surface area contributed by atoms with Crippen LogP contribution in [0.4, 0.5) is 0 Å². The normalized spacial score (nSPS) is 12.3.